The highest BCUT2D eigenvalue weighted by Gasteiger charge is 2.03. The third-order valence-corrected chi connectivity index (χ3v) is 3.04. The van der Waals surface area contributed by atoms with E-state index in [1.54, 1.807) is 0 Å². The van der Waals surface area contributed by atoms with Crippen LogP contribution in [0.1, 0.15) is 65.2 Å². The average Bonchev–Trinajstić information content (AvgIpc) is 2.31. The van der Waals surface area contributed by atoms with E-state index in [1.807, 2.05) is 0 Å². The quantitative estimate of drug-likeness (QED) is 0.518. The van der Waals surface area contributed by atoms with Gasteiger partial charge in [-0.25, -0.2) is 0 Å². The lowest BCUT2D eigenvalue weighted by molar-refractivity contribution is 0.218. The van der Waals surface area contributed by atoms with Crippen molar-refractivity contribution in [2.24, 2.45) is 0 Å². The molecule has 16 heavy (non-hydrogen) atoms. The summed E-state index contributed by atoms with van der Waals surface area (Å²) in [5, 5.41) is 8.86. The maximum absolute atomic E-state index is 8.86. The van der Waals surface area contributed by atoms with E-state index in [2.05, 4.69) is 18.7 Å². The fourth-order valence-electron chi connectivity index (χ4n) is 1.95. The van der Waals surface area contributed by atoms with Gasteiger partial charge in [0.05, 0.1) is 0 Å². The average molecular weight is 229 g/mol. The second-order valence-corrected chi connectivity index (χ2v) is 4.69. The first-order valence-corrected chi connectivity index (χ1v) is 7.18. The van der Waals surface area contributed by atoms with Gasteiger partial charge in [0.2, 0.25) is 0 Å². The van der Waals surface area contributed by atoms with Crippen LogP contribution < -0.4 is 0 Å². The van der Waals surface area contributed by atoms with E-state index in [1.165, 1.54) is 58.0 Å². The van der Waals surface area contributed by atoms with E-state index < -0.39 is 0 Å². The van der Waals surface area contributed by atoms with Crippen LogP contribution in [0.4, 0.5) is 0 Å². The molecule has 0 atom stereocenters. The van der Waals surface area contributed by atoms with Crippen LogP contribution >= 0.6 is 0 Å². The predicted octanol–water partition coefficient (Wildman–Crippen LogP) is 3.44. The Morgan fingerprint density at radius 3 is 1.88 bits per heavy atom. The second-order valence-electron chi connectivity index (χ2n) is 4.69. The minimum Gasteiger partial charge on any atom is -0.396 e. The van der Waals surface area contributed by atoms with Crippen LogP contribution in [0.25, 0.3) is 0 Å². The van der Waals surface area contributed by atoms with Crippen molar-refractivity contribution in [1.82, 2.24) is 4.90 Å². The van der Waals surface area contributed by atoms with Gasteiger partial charge in [0.25, 0.3) is 0 Å². The fraction of sp³-hybridized carbons (Fsp3) is 1.00. The zero-order valence-electron chi connectivity index (χ0n) is 11.4. The van der Waals surface area contributed by atoms with Gasteiger partial charge in [-0.15, -0.1) is 0 Å². The summed E-state index contributed by atoms with van der Waals surface area (Å²) < 4.78 is 0. The van der Waals surface area contributed by atoms with Crippen molar-refractivity contribution in [1.29, 1.82) is 0 Å². The summed E-state index contributed by atoms with van der Waals surface area (Å²) in [5.41, 5.74) is 0. The second kappa shape index (κ2) is 13.0. The SMILES string of the molecule is CCCCCCCN(CCCC)CCCO. The van der Waals surface area contributed by atoms with Crippen LogP contribution in [0.3, 0.4) is 0 Å². The van der Waals surface area contributed by atoms with Crippen molar-refractivity contribution < 1.29 is 5.11 Å². The van der Waals surface area contributed by atoms with Gasteiger partial charge in [-0.05, 0) is 32.4 Å². The van der Waals surface area contributed by atoms with Crippen molar-refractivity contribution in [3.63, 3.8) is 0 Å². The number of nitrogens with zero attached hydrogens (tertiary/aromatic N) is 1. The van der Waals surface area contributed by atoms with Crippen LogP contribution in [0.15, 0.2) is 0 Å². The third kappa shape index (κ3) is 10.4. The van der Waals surface area contributed by atoms with Crippen LogP contribution in [0.5, 0.6) is 0 Å². The smallest absolute Gasteiger partial charge is 0.0443 e. The molecule has 0 aromatic heterocycles. The number of unbranched alkanes of at least 4 members (excludes halogenated alkanes) is 5. The lowest BCUT2D eigenvalue weighted by Crippen LogP contribution is -2.27. The van der Waals surface area contributed by atoms with Gasteiger partial charge in [-0.1, -0.05) is 46.0 Å². The van der Waals surface area contributed by atoms with E-state index in [9.17, 15) is 0 Å². The number of hydrogen-bond donors (Lipinski definition) is 1. The molecule has 0 rings (SSSR count). The minimum absolute atomic E-state index is 0.332. The molecule has 2 heteroatoms. The third-order valence-electron chi connectivity index (χ3n) is 3.04. The summed E-state index contributed by atoms with van der Waals surface area (Å²) in [6, 6.07) is 0. The van der Waals surface area contributed by atoms with E-state index in [0.29, 0.717) is 6.61 Å². The molecular weight excluding hydrogens is 198 g/mol. The standard InChI is InChI=1S/C14H31NO/c1-3-5-7-8-9-12-15(11-6-4-2)13-10-14-16/h16H,3-14H2,1-2H3. The molecule has 0 aliphatic heterocycles. The summed E-state index contributed by atoms with van der Waals surface area (Å²) >= 11 is 0. The molecule has 2 nitrogen and oxygen atoms in total. The normalized spacial score (nSPS) is 11.2. The van der Waals surface area contributed by atoms with Gasteiger partial charge >= 0.3 is 0 Å². The maximum Gasteiger partial charge on any atom is 0.0443 e. The summed E-state index contributed by atoms with van der Waals surface area (Å²) in [6.45, 7) is 8.34. The van der Waals surface area contributed by atoms with Crippen molar-refractivity contribution in [3.8, 4) is 0 Å². The molecule has 0 spiro atoms. The Bertz CT molecular complexity index is 120. The summed E-state index contributed by atoms with van der Waals surface area (Å²) in [6.07, 6.45) is 10.3. The van der Waals surface area contributed by atoms with E-state index in [4.69, 9.17) is 5.11 Å². The Morgan fingerprint density at radius 2 is 1.25 bits per heavy atom. The first kappa shape index (κ1) is 15.9. The molecule has 0 saturated heterocycles. The van der Waals surface area contributed by atoms with Gasteiger partial charge in [0.15, 0.2) is 0 Å². The molecule has 0 aromatic rings. The van der Waals surface area contributed by atoms with E-state index in [0.717, 1.165) is 13.0 Å². The summed E-state index contributed by atoms with van der Waals surface area (Å²) in [7, 11) is 0. The molecular formula is C14H31NO. The Kier molecular flexibility index (Phi) is 12.9. The number of aliphatic hydroxyl groups excluding tert-OH is 1. The Hall–Kier alpha value is -0.0800. The summed E-state index contributed by atoms with van der Waals surface area (Å²) in [4.78, 5) is 2.52. The van der Waals surface area contributed by atoms with Crippen LogP contribution in [-0.2, 0) is 0 Å². The summed E-state index contributed by atoms with van der Waals surface area (Å²) in [5.74, 6) is 0. The van der Waals surface area contributed by atoms with Crippen LogP contribution in [0.2, 0.25) is 0 Å². The highest BCUT2D eigenvalue weighted by molar-refractivity contribution is 4.58. The molecule has 0 unspecified atom stereocenters. The predicted molar refractivity (Wildman–Crippen MR) is 71.8 cm³/mol. The van der Waals surface area contributed by atoms with Gasteiger partial charge in [-0.3, -0.25) is 0 Å². The molecule has 0 saturated carbocycles. The zero-order chi connectivity index (χ0) is 12.1. The monoisotopic (exact) mass is 229 g/mol. The molecule has 0 radical (unpaired) electrons. The molecule has 0 aromatic carbocycles. The Labute approximate surface area is 102 Å². The number of hydrogen-bond acceptors (Lipinski definition) is 2. The zero-order valence-corrected chi connectivity index (χ0v) is 11.4. The van der Waals surface area contributed by atoms with Crippen molar-refractivity contribution in [2.75, 3.05) is 26.2 Å². The van der Waals surface area contributed by atoms with Gasteiger partial charge in [-0.2, -0.15) is 0 Å². The molecule has 0 amide bonds. The Balaban J connectivity index is 3.48. The van der Waals surface area contributed by atoms with Gasteiger partial charge in [0, 0.05) is 13.2 Å². The molecule has 0 heterocycles. The minimum atomic E-state index is 0.332. The first-order valence-electron chi connectivity index (χ1n) is 7.18. The highest BCUT2D eigenvalue weighted by Crippen LogP contribution is 2.05. The number of rotatable bonds is 12. The van der Waals surface area contributed by atoms with Crippen molar-refractivity contribution >= 4 is 0 Å². The van der Waals surface area contributed by atoms with E-state index in [-0.39, 0.29) is 0 Å². The van der Waals surface area contributed by atoms with Crippen LogP contribution in [-0.4, -0.2) is 36.2 Å². The van der Waals surface area contributed by atoms with Gasteiger partial charge in [0.1, 0.15) is 0 Å². The largest absolute Gasteiger partial charge is 0.396 e. The first-order chi connectivity index (χ1) is 7.85. The maximum atomic E-state index is 8.86. The molecule has 0 aliphatic rings. The fourth-order valence-corrected chi connectivity index (χ4v) is 1.95. The van der Waals surface area contributed by atoms with Crippen molar-refractivity contribution in [3.05, 3.63) is 0 Å². The number of aliphatic hydroxyl groups is 1. The highest BCUT2D eigenvalue weighted by atomic mass is 16.3. The lowest BCUT2D eigenvalue weighted by atomic mass is 10.1. The molecule has 0 bridgehead atoms. The Morgan fingerprint density at radius 1 is 0.688 bits per heavy atom. The van der Waals surface area contributed by atoms with Crippen molar-refractivity contribution in [2.45, 2.75) is 65.2 Å². The van der Waals surface area contributed by atoms with Crippen LogP contribution in [0, 0.1) is 0 Å². The van der Waals surface area contributed by atoms with Gasteiger partial charge < -0.3 is 10.0 Å². The lowest BCUT2D eigenvalue weighted by Gasteiger charge is -2.21. The molecule has 1 N–H and O–H groups in total. The molecule has 98 valence electrons. The molecule has 0 aliphatic carbocycles. The topological polar surface area (TPSA) is 23.5 Å². The van der Waals surface area contributed by atoms with E-state index >= 15 is 0 Å². The molecule has 0 fully saturated rings.